The molecule has 0 unspecified atom stereocenters. The fourth-order valence-electron chi connectivity index (χ4n) is 4.28. The summed E-state index contributed by atoms with van der Waals surface area (Å²) in [4.78, 5) is 19.4. The maximum atomic E-state index is 12.7. The third-order valence-electron chi connectivity index (χ3n) is 6.16. The third-order valence-corrected chi connectivity index (χ3v) is 6.16. The molecule has 1 aromatic rings. The zero-order valence-electron chi connectivity index (χ0n) is 17.2. The van der Waals surface area contributed by atoms with Crippen molar-refractivity contribution in [1.82, 2.24) is 9.80 Å². The van der Waals surface area contributed by atoms with Gasteiger partial charge < -0.3 is 14.5 Å². The minimum absolute atomic E-state index is 0.276. The number of hydrogen-bond acceptors (Lipinski definition) is 4. The van der Waals surface area contributed by atoms with Gasteiger partial charge in [-0.2, -0.15) is 0 Å². The number of para-hydroxylation sites is 2. The number of carbonyl (C=O) groups is 1. The van der Waals surface area contributed by atoms with Gasteiger partial charge in [-0.3, -0.25) is 9.69 Å². The lowest BCUT2D eigenvalue weighted by Gasteiger charge is -2.38. The van der Waals surface area contributed by atoms with Crippen molar-refractivity contribution in [3.63, 3.8) is 0 Å². The molecule has 1 heterocycles. The van der Waals surface area contributed by atoms with Gasteiger partial charge in [-0.1, -0.05) is 19.1 Å². The fourth-order valence-corrected chi connectivity index (χ4v) is 4.28. The van der Waals surface area contributed by atoms with Crippen molar-refractivity contribution >= 4 is 11.6 Å². The molecular formula is C22H35N3O2. The Bertz CT molecular complexity index is 605. The highest BCUT2D eigenvalue weighted by Crippen LogP contribution is 2.29. The van der Waals surface area contributed by atoms with E-state index in [1.54, 1.807) is 0 Å². The summed E-state index contributed by atoms with van der Waals surface area (Å²) in [6.07, 6.45) is 4.82. The molecule has 1 aliphatic heterocycles. The van der Waals surface area contributed by atoms with E-state index in [9.17, 15) is 4.79 Å². The Kier molecular flexibility index (Phi) is 7.00. The number of anilines is 1. The van der Waals surface area contributed by atoms with E-state index in [1.165, 1.54) is 18.5 Å². The van der Waals surface area contributed by atoms with Gasteiger partial charge in [0.05, 0.1) is 18.8 Å². The van der Waals surface area contributed by atoms with Crippen molar-refractivity contribution in [2.45, 2.75) is 45.6 Å². The number of benzene rings is 1. The van der Waals surface area contributed by atoms with Crippen LogP contribution in [0.5, 0.6) is 5.75 Å². The normalized spacial score (nSPS) is 23.9. The highest BCUT2D eigenvalue weighted by Gasteiger charge is 2.27. The van der Waals surface area contributed by atoms with Gasteiger partial charge in [-0.15, -0.1) is 0 Å². The van der Waals surface area contributed by atoms with Crippen molar-refractivity contribution in [3.8, 4) is 5.75 Å². The lowest BCUT2D eigenvalue weighted by atomic mass is 9.87. The second-order valence-corrected chi connectivity index (χ2v) is 8.08. The van der Waals surface area contributed by atoms with Gasteiger partial charge in [0.25, 0.3) is 0 Å². The van der Waals surface area contributed by atoms with Crippen LogP contribution in [0.1, 0.15) is 39.5 Å². The third kappa shape index (κ3) is 5.16. The quantitative estimate of drug-likeness (QED) is 0.767. The second-order valence-electron chi connectivity index (χ2n) is 8.08. The van der Waals surface area contributed by atoms with E-state index in [4.69, 9.17) is 4.74 Å². The number of likely N-dealkylation sites (N-methyl/N-ethyl adjacent to an activating group) is 1. The van der Waals surface area contributed by atoms with E-state index in [0.29, 0.717) is 19.2 Å². The van der Waals surface area contributed by atoms with Crippen LogP contribution in [-0.2, 0) is 4.79 Å². The summed E-state index contributed by atoms with van der Waals surface area (Å²) in [5.74, 6) is 2.05. The molecular weight excluding hydrogens is 338 g/mol. The molecule has 0 atom stereocenters. The molecule has 0 N–H and O–H groups in total. The molecule has 5 heteroatoms. The number of ether oxygens (including phenoxy) is 1. The number of piperazine rings is 1. The van der Waals surface area contributed by atoms with Crippen LogP contribution in [0.2, 0.25) is 0 Å². The molecule has 5 nitrogen and oxygen atoms in total. The standard InChI is InChI=1S/C22H35N3O2/c1-4-27-21-8-6-5-7-20(21)25-15-13-24(14-16-25)17-22(26)23(3)19-11-9-18(2)10-12-19/h5-8,18-19H,4,9-17H2,1-3H3. The first-order chi connectivity index (χ1) is 13.1. The predicted molar refractivity (Wildman–Crippen MR) is 110 cm³/mol. The van der Waals surface area contributed by atoms with E-state index in [1.807, 2.05) is 31.0 Å². The Morgan fingerprint density at radius 1 is 1.11 bits per heavy atom. The van der Waals surface area contributed by atoms with Gasteiger partial charge in [0, 0.05) is 39.3 Å². The molecule has 1 aromatic carbocycles. The Morgan fingerprint density at radius 3 is 2.44 bits per heavy atom. The summed E-state index contributed by atoms with van der Waals surface area (Å²) < 4.78 is 5.77. The maximum absolute atomic E-state index is 12.7. The zero-order valence-corrected chi connectivity index (χ0v) is 17.2. The number of nitrogens with zero attached hydrogens (tertiary/aromatic N) is 3. The van der Waals surface area contributed by atoms with Gasteiger partial charge in [-0.05, 0) is 50.7 Å². The van der Waals surface area contributed by atoms with Crippen LogP contribution in [0, 0.1) is 5.92 Å². The minimum Gasteiger partial charge on any atom is -0.492 e. The number of rotatable bonds is 6. The summed E-state index contributed by atoms with van der Waals surface area (Å²) in [6.45, 7) is 9.26. The lowest BCUT2D eigenvalue weighted by molar-refractivity contribution is -0.134. The summed E-state index contributed by atoms with van der Waals surface area (Å²) >= 11 is 0. The molecule has 0 aromatic heterocycles. The van der Waals surface area contributed by atoms with Crippen LogP contribution in [0.25, 0.3) is 0 Å². The Morgan fingerprint density at radius 2 is 1.78 bits per heavy atom. The smallest absolute Gasteiger partial charge is 0.236 e. The van der Waals surface area contributed by atoms with Crippen LogP contribution in [-0.4, -0.2) is 68.1 Å². The molecule has 3 rings (SSSR count). The number of carbonyl (C=O) groups excluding carboxylic acids is 1. The van der Waals surface area contributed by atoms with Crippen LogP contribution >= 0.6 is 0 Å². The highest BCUT2D eigenvalue weighted by molar-refractivity contribution is 5.78. The SMILES string of the molecule is CCOc1ccccc1N1CCN(CC(=O)N(C)C2CCC(C)CC2)CC1. The molecule has 0 spiro atoms. The monoisotopic (exact) mass is 373 g/mol. The zero-order chi connectivity index (χ0) is 19.2. The predicted octanol–water partition coefficient (Wildman–Crippen LogP) is 3.24. The maximum Gasteiger partial charge on any atom is 0.236 e. The number of hydrogen-bond donors (Lipinski definition) is 0. The molecule has 27 heavy (non-hydrogen) atoms. The van der Waals surface area contributed by atoms with E-state index in [-0.39, 0.29) is 5.91 Å². The molecule has 1 saturated heterocycles. The Hall–Kier alpha value is -1.75. The van der Waals surface area contributed by atoms with E-state index in [2.05, 4.69) is 28.9 Å². The van der Waals surface area contributed by atoms with Gasteiger partial charge in [0.1, 0.15) is 5.75 Å². The van der Waals surface area contributed by atoms with Gasteiger partial charge >= 0.3 is 0 Å². The summed E-state index contributed by atoms with van der Waals surface area (Å²) in [5, 5.41) is 0. The average Bonchev–Trinajstić information content (AvgIpc) is 2.69. The van der Waals surface area contributed by atoms with Gasteiger partial charge in [0.2, 0.25) is 5.91 Å². The summed E-state index contributed by atoms with van der Waals surface area (Å²) in [5.41, 5.74) is 1.17. The molecule has 0 bridgehead atoms. The summed E-state index contributed by atoms with van der Waals surface area (Å²) in [6, 6.07) is 8.69. The Balaban J connectivity index is 1.49. The van der Waals surface area contributed by atoms with Gasteiger partial charge in [0.15, 0.2) is 0 Å². The van der Waals surface area contributed by atoms with Gasteiger partial charge in [-0.25, -0.2) is 0 Å². The van der Waals surface area contributed by atoms with Crippen molar-refractivity contribution in [3.05, 3.63) is 24.3 Å². The van der Waals surface area contributed by atoms with E-state index >= 15 is 0 Å². The van der Waals surface area contributed by atoms with Crippen LogP contribution in [0.15, 0.2) is 24.3 Å². The first-order valence-corrected chi connectivity index (χ1v) is 10.5. The van der Waals surface area contributed by atoms with Crippen molar-refractivity contribution < 1.29 is 9.53 Å². The molecule has 150 valence electrons. The topological polar surface area (TPSA) is 36.0 Å². The lowest BCUT2D eigenvalue weighted by Crippen LogP contribution is -2.51. The Labute approximate surface area is 164 Å². The van der Waals surface area contributed by atoms with Crippen molar-refractivity contribution in [2.75, 3.05) is 51.3 Å². The molecule has 1 aliphatic carbocycles. The molecule has 1 saturated carbocycles. The van der Waals surface area contributed by atoms with Crippen molar-refractivity contribution in [2.24, 2.45) is 5.92 Å². The molecule has 1 amide bonds. The second kappa shape index (κ2) is 9.45. The number of amides is 1. The fraction of sp³-hybridized carbons (Fsp3) is 0.682. The summed E-state index contributed by atoms with van der Waals surface area (Å²) in [7, 11) is 2.00. The molecule has 2 aliphatic rings. The van der Waals surface area contributed by atoms with Crippen LogP contribution in [0.3, 0.4) is 0 Å². The molecule has 0 radical (unpaired) electrons. The van der Waals surface area contributed by atoms with Crippen LogP contribution in [0.4, 0.5) is 5.69 Å². The minimum atomic E-state index is 0.276. The van der Waals surface area contributed by atoms with E-state index < -0.39 is 0 Å². The molecule has 2 fully saturated rings. The first kappa shape index (κ1) is 20.0. The van der Waals surface area contributed by atoms with Crippen molar-refractivity contribution in [1.29, 1.82) is 0 Å². The largest absolute Gasteiger partial charge is 0.492 e. The first-order valence-electron chi connectivity index (χ1n) is 10.5. The average molecular weight is 374 g/mol. The van der Waals surface area contributed by atoms with Crippen LogP contribution < -0.4 is 9.64 Å². The van der Waals surface area contributed by atoms with E-state index in [0.717, 1.165) is 50.7 Å². The highest BCUT2D eigenvalue weighted by atomic mass is 16.5.